The summed E-state index contributed by atoms with van der Waals surface area (Å²) in [5.74, 6) is 0. The van der Waals surface area contributed by atoms with E-state index >= 15 is 0 Å². The average molecular weight is 343 g/mol. The largest absolute Gasteiger partial charge is 0.327 e. The van der Waals surface area contributed by atoms with Gasteiger partial charge in [0.25, 0.3) is 0 Å². The molecule has 2 rings (SSSR count). The van der Waals surface area contributed by atoms with Crippen LogP contribution in [0.2, 0.25) is 0 Å². The lowest BCUT2D eigenvalue weighted by Gasteiger charge is -2.19. The summed E-state index contributed by atoms with van der Waals surface area (Å²) in [6.07, 6.45) is 0. The van der Waals surface area contributed by atoms with Gasteiger partial charge in [0.2, 0.25) is 0 Å². The molecule has 1 aromatic carbocycles. The number of nitrogens with zero attached hydrogens (tertiary/aromatic N) is 1. The van der Waals surface area contributed by atoms with E-state index in [9.17, 15) is 0 Å². The third kappa shape index (κ3) is 3.57. The van der Waals surface area contributed by atoms with E-state index in [1.807, 2.05) is 26.0 Å². The number of hydrogen-bond donors (Lipinski definition) is 1. The number of nitrogens with two attached hydrogens (primary N) is 1. The highest BCUT2D eigenvalue weighted by molar-refractivity contribution is 9.10. The van der Waals surface area contributed by atoms with Gasteiger partial charge in [0, 0.05) is 21.6 Å². The Bertz CT molecular complexity index is 525. The molecule has 2 N–H and O–H groups in total. The molecule has 0 saturated heterocycles. The molecule has 0 aliphatic rings. The first-order valence-electron chi connectivity index (χ1n) is 5.66. The maximum Gasteiger partial charge on any atom is 0.150 e. The molecular weight excluding hydrogens is 328 g/mol. The molecule has 96 valence electrons. The third-order valence-electron chi connectivity index (χ3n) is 2.48. The summed E-state index contributed by atoms with van der Waals surface area (Å²) in [4.78, 5) is 4.50. The number of aryl methyl sites for hydroxylation is 1. The van der Waals surface area contributed by atoms with Crippen LogP contribution < -0.4 is 5.73 Å². The minimum atomic E-state index is 0.0773. The molecular formula is C13H15BrN2S2. The molecule has 2 nitrogen and oxygen atoms in total. The van der Waals surface area contributed by atoms with Gasteiger partial charge in [-0.3, -0.25) is 0 Å². The van der Waals surface area contributed by atoms with Crippen molar-refractivity contribution >= 4 is 39.0 Å². The van der Waals surface area contributed by atoms with Gasteiger partial charge in [-0.2, -0.15) is 0 Å². The fourth-order valence-corrected chi connectivity index (χ4v) is 4.18. The molecule has 2 atom stereocenters. The minimum Gasteiger partial charge on any atom is -0.327 e. The van der Waals surface area contributed by atoms with E-state index in [0.29, 0.717) is 0 Å². The van der Waals surface area contributed by atoms with Gasteiger partial charge in [0.15, 0.2) is 4.34 Å². The number of hydrogen-bond acceptors (Lipinski definition) is 4. The molecule has 5 heteroatoms. The maximum absolute atomic E-state index is 6.11. The van der Waals surface area contributed by atoms with Crippen LogP contribution in [-0.4, -0.2) is 11.0 Å². The van der Waals surface area contributed by atoms with Crippen LogP contribution in [0.5, 0.6) is 0 Å². The van der Waals surface area contributed by atoms with Crippen molar-refractivity contribution < 1.29 is 0 Å². The van der Waals surface area contributed by atoms with Gasteiger partial charge < -0.3 is 5.73 Å². The van der Waals surface area contributed by atoms with Crippen molar-refractivity contribution in [3.8, 4) is 0 Å². The van der Waals surface area contributed by atoms with Gasteiger partial charge in [0.05, 0.1) is 5.25 Å². The van der Waals surface area contributed by atoms with Crippen LogP contribution in [0.3, 0.4) is 0 Å². The first-order chi connectivity index (χ1) is 8.56. The Hall–Kier alpha value is -0.360. The lowest BCUT2D eigenvalue weighted by atomic mass is 10.1. The van der Waals surface area contributed by atoms with Crippen LogP contribution in [0.4, 0.5) is 0 Å². The Morgan fingerprint density at radius 1 is 1.44 bits per heavy atom. The van der Waals surface area contributed by atoms with E-state index in [0.717, 1.165) is 14.5 Å². The number of halogens is 1. The van der Waals surface area contributed by atoms with Crippen molar-refractivity contribution in [2.45, 2.75) is 29.5 Å². The first-order valence-corrected chi connectivity index (χ1v) is 8.21. The fourth-order valence-electron chi connectivity index (χ4n) is 1.66. The van der Waals surface area contributed by atoms with Crippen molar-refractivity contribution in [2.75, 3.05) is 0 Å². The number of thioether (sulfide) groups is 1. The van der Waals surface area contributed by atoms with Gasteiger partial charge in [-0.05, 0) is 31.5 Å². The molecule has 0 aliphatic heterocycles. The normalized spacial score (nSPS) is 14.4. The van der Waals surface area contributed by atoms with Crippen molar-refractivity contribution in [3.63, 3.8) is 0 Å². The van der Waals surface area contributed by atoms with E-state index in [-0.39, 0.29) is 11.3 Å². The van der Waals surface area contributed by atoms with E-state index in [1.165, 1.54) is 5.56 Å². The topological polar surface area (TPSA) is 38.9 Å². The van der Waals surface area contributed by atoms with E-state index in [4.69, 9.17) is 5.73 Å². The summed E-state index contributed by atoms with van der Waals surface area (Å²) in [6.45, 7) is 4.06. The molecule has 1 aromatic heterocycles. The van der Waals surface area contributed by atoms with Gasteiger partial charge in [0.1, 0.15) is 0 Å². The highest BCUT2D eigenvalue weighted by Gasteiger charge is 2.19. The summed E-state index contributed by atoms with van der Waals surface area (Å²) in [6, 6.07) is 8.39. The summed E-state index contributed by atoms with van der Waals surface area (Å²) in [7, 11) is 0. The molecule has 18 heavy (non-hydrogen) atoms. The lowest BCUT2D eigenvalue weighted by Crippen LogP contribution is -2.22. The smallest absolute Gasteiger partial charge is 0.150 e. The molecule has 0 fully saturated rings. The van der Waals surface area contributed by atoms with Gasteiger partial charge in [-0.25, -0.2) is 4.98 Å². The fraction of sp³-hybridized carbons (Fsp3) is 0.308. The monoisotopic (exact) mass is 342 g/mol. The highest BCUT2D eigenvalue weighted by Crippen LogP contribution is 2.39. The van der Waals surface area contributed by atoms with Gasteiger partial charge in [-0.15, -0.1) is 11.3 Å². The van der Waals surface area contributed by atoms with Crippen LogP contribution in [0, 0.1) is 6.92 Å². The Balaban J connectivity index is 2.23. The number of benzene rings is 1. The predicted molar refractivity (Wildman–Crippen MR) is 83.2 cm³/mol. The van der Waals surface area contributed by atoms with Crippen LogP contribution in [0.15, 0.2) is 38.5 Å². The standard InChI is InChI=1S/C13H15BrN2S2/c1-8-7-17-13(16-8)18-12(9(2)15)10-4-3-5-11(14)6-10/h3-7,9,12H,15H2,1-2H3. The average Bonchev–Trinajstić information content (AvgIpc) is 2.71. The van der Waals surface area contributed by atoms with E-state index < -0.39 is 0 Å². The summed E-state index contributed by atoms with van der Waals surface area (Å²) in [5.41, 5.74) is 8.42. The number of thiazole rings is 1. The number of rotatable bonds is 4. The minimum absolute atomic E-state index is 0.0773. The second-order valence-corrected chi connectivity index (χ2v) is 7.37. The van der Waals surface area contributed by atoms with Gasteiger partial charge in [-0.1, -0.05) is 39.8 Å². The quantitative estimate of drug-likeness (QED) is 0.837. The molecule has 2 unspecified atom stereocenters. The lowest BCUT2D eigenvalue weighted by molar-refractivity contribution is 0.720. The molecule has 0 bridgehead atoms. The molecule has 1 heterocycles. The SMILES string of the molecule is Cc1csc(SC(c2cccc(Br)c2)C(C)N)n1. The Labute approximate surface area is 124 Å². The second kappa shape index (κ2) is 6.19. The molecule has 0 aliphatic carbocycles. The van der Waals surface area contributed by atoms with E-state index in [1.54, 1.807) is 23.1 Å². The van der Waals surface area contributed by atoms with Crippen molar-refractivity contribution in [1.82, 2.24) is 4.98 Å². The third-order valence-corrected chi connectivity index (χ3v) is 5.55. The maximum atomic E-state index is 6.11. The number of aromatic nitrogens is 1. The van der Waals surface area contributed by atoms with Crippen molar-refractivity contribution in [3.05, 3.63) is 45.4 Å². The molecule has 0 radical (unpaired) electrons. The summed E-state index contributed by atoms with van der Waals surface area (Å²) < 4.78 is 2.16. The summed E-state index contributed by atoms with van der Waals surface area (Å²) >= 11 is 6.93. The zero-order chi connectivity index (χ0) is 13.1. The van der Waals surface area contributed by atoms with Crippen LogP contribution in [-0.2, 0) is 0 Å². The zero-order valence-electron chi connectivity index (χ0n) is 10.3. The van der Waals surface area contributed by atoms with Gasteiger partial charge >= 0.3 is 0 Å². The molecule has 0 spiro atoms. The predicted octanol–water partition coefficient (Wildman–Crippen LogP) is 4.39. The Morgan fingerprint density at radius 3 is 2.78 bits per heavy atom. The highest BCUT2D eigenvalue weighted by atomic mass is 79.9. The Kier molecular flexibility index (Phi) is 4.84. The molecule has 0 saturated carbocycles. The molecule has 2 aromatic rings. The first kappa shape index (κ1) is 14.1. The Morgan fingerprint density at radius 2 is 2.22 bits per heavy atom. The summed E-state index contributed by atoms with van der Waals surface area (Å²) in [5, 5.41) is 2.30. The van der Waals surface area contributed by atoms with Crippen LogP contribution >= 0.6 is 39.0 Å². The molecule has 0 amide bonds. The second-order valence-electron chi connectivity index (χ2n) is 4.21. The van der Waals surface area contributed by atoms with Crippen LogP contribution in [0.25, 0.3) is 0 Å². The van der Waals surface area contributed by atoms with E-state index in [2.05, 4.69) is 38.4 Å². The zero-order valence-corrected chi connectivity index (χ0v) is 13.5. The van der Waals surface area contributed by atoms with Crippen LogP contribution in [0.1, 0.15) is 23.4 Å². The van der Waals surface area contributed by atoms with Crippen molar-refractivity contribution in [2.24, 2.45) is 5.73 Å². The van der Waals surface area contributed by atoms with Crippen molar-refractivity contribution in [1.29, 1.82) is 0 Å².